The summed E-state index contributed by atoms with van der Waals surface area (Å²) >= 11 is 0. The van der Waals surface area contributed by atoms with Crippen molar-refractivity contribution in [1.29, 1.82) is 0 Å². The van der Waals surface area contributed by atoms with Gasteiger partial charge in [0.15, 0.2) is 5.76 Å². The highest BCUT2D eigenvalue weighted by atomic mass is 32.2. The zero-order chi connectivity index (χ0) is 16.5. The minimum Gasteiger partial charge on any atom is -0.481 e. The quantitative estimate of drug-likeness (QED) is 0.883. The molecular formula is C14H22N2O5S. The van der Waals surface area contributed by atoms with Crippen molar-refractivity contribution >= 4 is 16.0 Å². The van der Waals surface area contributed by atoms with Crippen LogP contribution in [0.1, 0.15) is 37.6 Å². The highest BCUT2D eigenvalue weighted by Crippen LogP contribution is 2.33. The van der Waals surface area contributed by atoms with Crippen molar-refractivity contribution in [1.82, 2.24) is 9.46 Å². The zero-order valence-electron chi connectivity index (χ0n) is 13.1. The van der Waals surface area contributed by atoms with Gasteiger partial charge < -0.3 is 9.63 Å². The number of hydrogen-bond acceptors (Lipinski definition) is 5. The number of carboxylic acids is 1. The molecule has 0 bridgehead atoms. The third-order valence-corrected chi connectivity index (χ3v) is 6.49. The number of aromatic nitrogens is 1. The van der Waals surface area contributed by atoms with E-state index in [0.29, 0.717) is 31.0 Å². The van der Waals surface area contributed by atoms with Gasteiger partial charge in [0.1, 0.15) is 10.6 Å². The van der Waals surface area contributed by atoms with Gasteiger partial charge in [0.25, 0.3) is 0 Å². The highest BCUT2D eigenvalue weighted by Gasteiger charge is 2.38. The number of carbonyl (C=O) groups is 1. The van der Waals surface area contributed by atoms with E-state index < -0.39 is 16.0 Å². The Hall–Kier alpha value is -1.41. The second-order valence-corrected chi connectivity index (χ2v) is 7.71. The lowest BCUT2D eigenvalue weighted by Crippen LogP contribution is -2.44. The smallest absolute Gasteiger partial charge is 0.303 e. The third kappa shape index (κ3) is 3.17. The number of piperidine rings is 1. The lowest BCUT2D eigenvalue weighted by atomic mass is 9.82. The van der Waals surface area contributed by atoms with E-state index in [0.717, 1.165) is 6.42 Å². The highest BCUT2D eigenvalue weighted by molar-refractivity contribution is 7.89. The van der Waals surface area contributed by atoms with Crippen LogP contribution >= 0.6 is 0 Å². The predicted octanol–water partition coefficient (Wildman–Crippen LogP) is 1.80. The van der Waals surface area contributed by atoms with Gasteiger partial charge in [-0.2, -0.15) is 4.31 Å². The molecule has 1 aromatic heterocycles. The first-order valence-electron chi connectivity index (χ1n) is 7.42. The maximum atomic E-state index is 12.8. The van der Waals surface area contributed by atoms with Gasteiger partial charge in [0.2, 0.25) is 10.0 Å². The van der Waals surface area contributed by atoms with Crippen LogP contribution in [0.2, 0.25) is 0 Å². The number of aliphatic carboxylic acids is 1. The van der Waals surface area contributed by atoms with Crippen LogP contribution in [-0.2, 0) is 14.8 Å². The van der Waals surface area contributed by atoms with E-state index in [1.165, 1.54) is 4.31 Å². The molecule has 1 N–H and O–H groups in total. The fourth-order valence-corrected chi connectivity index (χ4v) is 5.00. The molecule has 124 valence electrons. The Bertz CT molecular complexity index is 633. The van der Waals surface area contributed by atoms with Crippen LogP contribution in [-0.4, -0.2) is 42.0 Å². The Morgan fingerprint density at radius 1 is 1.41 bits per heavy atom. The largest absolute Gasteiger partial charge is 0.481 e. The van der Waals surface area contributed by atoms with Crippen molar-refractivity contribution in [3.8, 4) is 0 Å². The number of aryl methyl sites for hydroxylation is 2. The minimum absolute atomic E-state index is 0.0265. The summed E-state index contributed by atoms with van der Waals surface area (Å²) in [4.78, 5) is 11.1. The molecule has 8 heteroatoms. The molecule has 0 unspecified atom stereocenters. The van der Waals surface area contributed by atoms with E-state index in [9.17, 15) is 13.2 Å². The monoisotopic (exact) mass is 330 g/mol. The summed E-state index contributed by atoms with van der Waals surface area (Å²) < 4.78 is 32.0. The normalized spacial score (nSPS) is 23.6. The first kappa shape index (κ1) is 17.0. The lowest BCUT2D eigenvalue weighted by Gasteiger charge is -2.36. The summed E-state index contributed by atoms with van der Waals surface area (Å²) in [5, 5.41) is 12.7. The molecule has 2 heterocycles. The number of rotatable bonds is 5. The van der Waals surface area contributed by atoms with Gasteiger partial charge in [-0.3, -0.25) is 4.79 Å². The first-order chi connectivity index (χ1) is 10.3. The topological polar surface area (TPSA) is 101 Å². The van der Waals surface area contributed by atoms with Crippen LogP contribution in [0.4, 0.5) is 0 Å². The summed E-state index contributed by atoms with van der Waals surface area (Å²) in [6.07, 6.45) is 1.41. The van der Waals surface area contributed by atoms with Gasteiger partial charge in [-0.25, -0.2) is 8.42 Å². The molecule has 1 saturated heterocycles. The standard InChI is InChI=1S/C14H22N2O5S/c1-4-11-8-16(6-5-12(11)7-13(17)18)22(19,20)14-9(2)15-21-10(14)3/h11-12H,4-8H2,1-3H3,(H,17,18)/t11-,12+/m1/s1. The lowest BCUT2D eigenvalue weighted by molar-refractivity contribution is -0.138. The van der Waals surface area contributed by atoms with Gasteiger partial charge in [0.05, 0.1) is 0 Å². The second-order valence-electron chi connectivity index (χ2n) is 5.83. The van der Waals surface area contributed by atoms with Crippen LogP contribution in [0.3, 0.4) is 0 Å². The average Bonchev–Trinajstić information content (AvgIpc) is 2.78. The number of carboxylic acid groups (broad SMARTS) is 1. The Balaban J connectivity index is 2.23. The van der Waals surface area contributed by atoms with E-state index in [1.54, 1.807) is 13.8 Å². The minimum atomic E-state index is -3.65. The Morgan fingerprint density at radius 3 is 2.59 bits per heavy atom. The molecule has 0 aliphatic carbocycles. The van der Waals surface area contributed by atoms with Crippen LogP contribution in [0.25, 0.3) is 0 Å². The molecule has 0 amide bonds. The van der Waals surface area contributed by atoms with Crippen LogP contribution in [0, 0.1) is 25.7 Å². The zero-order valence-corrected chi connectivity index (χ0v) is 13.9. The van der Waals surface area contributed by atoms with Gasteiger partial charge in [-0.05, 0) is 32.1 Å². The van der Waals surface area contributed by atoms with E-state index in [4.69, 9.17) is 9.63 Å². The number of hydrogen-bond donors (Lipinski definition) is 1. The van der Waals surface area contributed by atoms with Crippen molar-refractivity contribution in [2.24, 2.45) is 11.8 Å². The molecule has 0 radical (unpaired) electrons. The second kappa shape index (κ2) is 6.37. The van der Waals surface area contributed by atoms with Crippen molar-refractivity contribution in [3.63, 3.8) is 0 Å². The van der Waals surface area contributed by atoms with E-state index >= 15 is 0 Å². The maximum Gasteiger partial charge on any atom is 0.303 e. The predicted molar refractivity (Wildman–Crippen MR) is 78.9 cm³/mol. The van der Waals surface area contributed by atoms with Gasteiger partial charge in [0, 0.05) is 19.5 Å². The molecule has 2 rings (SSSR count). The first-order valence-corrected chi connectivity index (χ1v) is 8.86. The van der Waals surface area contributed by atoms with Crippen molar-refractivity contribution in [2.75, 3.05) is 13.1 Å². The SMILES string of the molecule is CC[C@@H]1CN(S(=O)(=O)c2c(C)noc2C)CC[C@H]1CC(=O)O. The molecule has 7 nitrogen and oxygen atoms in total. The molecule has 1 fully saturated rings. The van der Waals surface area contributed by atoms with Crippen molar-refractivity contribution in [2.45, 2.75) is 44.9 Å². The molecular weight excluding hydrogens is 308 g/mol. The molecule has 0 saturated carbocycles. The van der Waals surface area contributed by atoms with Crippen LogP contribution in [0.15, 0.2) is 9.42 Å². The van der Waals surface area contributed by atoms with E-state index in [1.807, 2.05) is 6.92 Å². The fourth-order valence-electron chi connectivity index (χ4n) is 3.19. The van der Waals surface area contributed by atoms with Gasteiger partial charge in [-0.1, -0.05) is 18.5 Å². The van der Waals surface area contributed by atoms with E-state index in [-0.39, 0.29) is 23.2 Å². The summed E-state index contributed by atoms with van der Waals surface area (Å²) in [6, 6.07) is 0. The maximum absolute atomic E-state index is 12.8. The Labute approximate surface area is 130 Å². The summed E-state index contributed by atoms with van der Waals surface area (Å²) in [5.74, 6) is -0.456. The average molecular weight is 330 g/mol. The Morgan fingerprint density at radius 2 is 2.09 bits per heavy atom. The molecule has 1 aromatic rings. The molecule has 0 aromatic carbocycles. The fraction of sp³-hybridized carbons (Fsp3) is 0.714. The van der Waals surface area contributed by atoms with Gasteiger partial charge >= 0.3 is 5.97 Å². The molecule has 22 heavy (non-hydrogen) atoms. The van der Waals surface area contributed by atoms with Crippen molar-refractivity contribution < 1.29 is 22.8 Å². The summed E-state index contributed by atoms with van der Waals surface area (Å²) in [5.41, 5.74) is 0.359. The molecule has 2 atom stereocenters. The number of nitrogens with zero attached hydrogens (tertiary/aromatic N) is 2. The van der Waals surface area contributed by atoms with Crippen LogP contribution in [0.5, 0.6) is 0 Å². The number of sulfonamides is 1. The summed E-state index contributed by atoms with van der Waals surface area (Å²) in [6.45, 7) is 5.84. The Kier molecular flexibility index (Phi) is 4.91. The summed E-state index contributed by atoms with van der Waals surface area (Å²) in [7, 11) is -3.65. The van der Waals surface area contributed by atoms with E-state index in [2.05, 4.69) is 5.16 Å². The third-order valence-electron chi connectivity index (χ3n) is 4.38. The van der Waals surface area contributed by atoms with Crippen molar-refractivity contribution in [3.05, 3.63) is 11.5 Å². The molecule has 1 aliphatic rings. The molecule has 0 spiro atoms. The van der Waals surface area contributed by atoms with Crippen LogP contribution < -0.4 is 0 Å². The molecule has 1 aliphatic heterocycles. The van der Waals surface area contributed by atoms with Gasteiger partial charge in [-0.15, -0.1) is 0 Å².